The molecule has 0 bridgehead atoms. The second-order valence-corrected chi connectivity index (χ2v) is 1.67. The molecule has 72 valence electrons. The van der Waals surface area contributed by atoms with Crippen LogP contribution in [0.15, 0.2) is 0 Å². The Morgan fingerprint density at radius 1 is 0.923 bits per heavy atom. The molecule has 0 aliphatic rings. The zero-order chi connectivity index (χ0) is 10.7. The van der Waals surface area contributed by atoms with Gasteiger partial charge in [0.05, 0.1) is 0 Å². The van der Waals surface area contributed by atoms with Gasteiger partial charge in [-0.2, -0.15) is 0 Å². The summed E-state index contributed by atoms with van der Waals surface area (Å²) in [7, 11) is 0. The predicted molar refractivity (Wildman–Crippen MR) is 36.4 cm³/mol. The van der Waals surface area contributed by atoms with Gasteiger partial charge in [-0.05, 0) is 0 Å². The summed E-state index contributed by atoms with van der Waals surface area (Å²) in [4.78, 5) is 26.1. The van der Waals surface area contributed by atoms with E-state index in [9.17, 15) is 0 Å². The molecule has 1 N–H and O–H groups in total. The van der Waals surface area contributed by atoms with Gasteiger partial charge in [0.15, 0.2) is 0 Å². The van der Waals surface area contributed by atoms with E-state index in [0.717, 1.165) is 0 Å². The van der Waals surface area contributed by atoms with Crippen LogP contribution < -0.4 is 10.2 Å². The Bertz CT molecular complexity index is 121. The number of halogens is 3. The van der Waals surface area contributed by atoms with Gasteiger partial charge in [0, 0.05) is 11.6 Å². The van der Waals surface area contributed by atoms with Gasteiger partial charge in [-0.1, -0.05) is 23.2 Å². The van der Waals surface area contributed by atoms with Crippen LogP contribution in [0, 0.1) is 0 Å². The van der Waals surface area contributed by atoms with E-state index in [-0.39, 0.29) is 19.5 Å². The van der Waals surface area contributed by atoms with E-state index >= 15 is 0 Å². The number of hydrogen-bond acceptors (Lipinski definition) is 5. The van der Waals surface area contributed by atoms with Crippen LogP contribution in [0.3, 0.4) is 0 Å². The first kappa shape index (κ1) is 23.1. The summed E-state index contributed by atoms with van der Waals surface area (Å²) >= 11 is 12.4. The van der Waals surface area contributed by atoms with Gasteiger partial charge in [0.25, 0.3) is 0 Å². The normalized spacial score (nSPS) is 5.77. The largest absolute Gasteiger partial charge is 2.00 e. The Labute approximate surface area is 100 Å². The zero-order valence-electron chi connectivity index (χ0n) is 5.83. The average molecular weight is 305 g/mol. The summed E-state index contributed by atoms with van der Waals surface area (Å²) in [6.07, 6.45) is 0. The van der Waals surface area contributed by atoms with E-state index in [1.807, 2.05) is 0 Å². The molecule has 0 aromatic carbocycles. The molecule has 0 heterocycles. The molecule has 0 aromatic rings. The Hall–Kier alpha value is -0.0966. The maximum Gasteiger partial charge on any atom is 2.00 e. The average Bonchev–Trinajstić information content (AvgIpc) is 1.54. The van der Waals surface area contributed by atoms with Crippen molar-refractivity contribution < 1.29 is 49.2 Å². The molecule has 0 aliphatic heterocycles. The van der Waals surface area contributed by atoms with Crippen molar-refractivity contribution >= 4 is 51.1 Å². The van der Waals surface area contributed by atoms with Gasteiger partial charge in [-0.3, -0.25) is 0 Å². The molecule has 6 nitrogen and oxygen atoms in total. The summed E-state index contributed by atoms with van der Waals surface area (Å²) in [5.74, 6) is 0. The maximum atomic E-state index is 8.77. The van der Waals surface area contributed by atoms with Crippen molar-refractivity contribution in [2.45, 2.75) is 0 Å². The van der Waals surface area contributed by atoms with Gasteiger partial charge in [0.1, 0.15) is 10.9 Å². The summed E-state index contributed by atoms with van der Waals surface area (Å²) in [6.45, 7) is 0. The second-order valence-electron chi connectivity index (χ2n) is 0.728. The molecule has 0 atom stereocenters. The minimum Gasteiger partial charge on any atom is -0.534 e. The third kappa shape index (κ3) is 125000. The van der Waals surface area contributed by atoms with Gasteiger partial charge in [-0.25, -0.2) is 4.79 Å². The van der Waals surface area contributed by atoms with Gasteiger partial charge >= 0.3 is 24.9 Å². The van der Waals surface area contributed by atoms with Crippen molar-refractivity contribution in [3.05, 3.63) is 0 Å². The van der Waals surface area contributed by atoms with E-state index < -0.39 is 16.3 Å². The maximum absolute atomic E-state index is 8.77. The van der Waals surface area contributed by atoms with Gasteiger partial charge in [-0.15, -0.1) is 0 Å². The fraction of sp³-hybridized carbons (Fsp3) is 0. The van der Waals surface area contributed by atoms with Crippen LogP contribution in [-0.2, 0) is 19.5 Å². The van der Waals surface area contributed by atoms with E-state index in [1.165, 1.54) is 0 Å². The number of hydrogen-bond donors (Lipinski definition) is 1. The van der Waals surface area contributed by atoms with Crippen LogP contribution in [0.1, 0.15) is 0 Å². The Morgan fingerprint density at radius 2 is 0.923 bits per heavy atom. The molecule has 0 amide bonds. The first-order valence-electron chi connectivity index (χ1n) is 1.81. The fourth-order valence-electron chi connectivity index (χ4n) is 0. The van der Waals surface area contributed by atoms with Crippen molar-refractivity contribution in [1.82, 2.24) is 0 Å². The Balaban J connectivity index is -0.0000000450. The summed E-state index contributed by atoms with van der Waals surface area (Å²) in [5.41, 5.74) is -4.58. The van der Waals surface area contributed by atoms with Crippen molar-refractivity contribution in [3.8, 4) is 0 Å². The van der Waals surface area contributed by atoms with Crippen molar-refractivity contribution in [3.63, 3.8) is 0 Å². The molecule has 0 spiro atoms. The smallest absolute Gasteiger partial charge is 0.534 e. The monoisotopic (exact) mass is 302 g/mol. The first-order chi connectivity index (χ1) is 5.20. The van der Waals surface area contributed by atoms with E-state index in [4.69, 9.17) is 29.7 Å². The van der Waals surface area contributed by atoms with Crippen LogP contribution in [-0.4, -0.2) is 21.4 Å². The molecular weight excluding hydrogens is 304 g/mol. The minimum absolute atomic E-state index is 0. The van der Waals surface area contributed by atoms with Gasteiger partial charge < -0.3 is 24.9 Å². The summed E-state index contributed by atoms with van der Waals surface area (Å²) in [6, 6.07) is 0. The second kappa shape index (κ2) is 17.9. The van der Waals surface area contributed by atoms with Crippen LogP contribution in [0.4, 0.5) is 14.4 Å². The number of carbonyl (C=O) groups excluding carboxylic acids is 2. The molecule has 0 radical (unpaired) electrons. The third-order valence-electron chi connectivity index (χ3n) is 0. The molecular formula is C3HCl3O6Zn. The summed E-state index contributed by atoms with van der Waals surface area (Å²) < 4.78 is 0. The first-order valence-corrected chi connectivity index (χ1v) is 2.95. The van der Waals surface area contributed by atoms with Crippen LogP contribution in [0.2, 0.25) is 0 Å². The quantitative estimate of drug-likeness (QED) is 0.498. The number of rotatable bonds is 0. The SMILES string of the molecule is O=C(O)Cl.O=C([O-])Cl.O=C([O-])Cl.[Zn+2]. The van der Waals surface area contributed by atoms with E-state index in [0.29, 0.717) is 0 Å². The Kier molecular flexibility index (Phi) is 31.7. The molecule has 0 rings (SSSR count). The van der Waals surface area contributed by atoms with E-state index in [1.54, 1.807) is 0 Å². The Morgan fingerprint density at radius 3 is 0.923 bits per heavy atom. The van der Waals surface area contributed by atoms with Crippen molar-refractivity contribution in [2.75, 3.05) is 0 Å². The zero-order valence-corrected chi connectivity index (χ0v) is 11.1. The van der Waals surface area contributed by atoms with Crippen molar-refractivity contribution in [1.29, 1.82) is 0 Å². The molecule has 0 unspecified atom stereocenters. The standard InChI is InChI=1S/3CHClO2.Zn/c3*2-1(3)4;/h3*(H,3,4);/q;;;+2/p-2. The van der Waals surface area contributed by atoms with Crippen LogP contribution in [0.25, 0.3) is 0 Å². The molecule has 0 fully saturated rings. The predicted octanol–water partition coefficient (Wildman–Crippen LogP) is 0.0377. The van der Waals surface area contributed by atoms with Crippen LogP contribution >= 0.6 is 34.8 Å². The molecule has 10 heteroatoms. The molecule has 0 saturated carbocycles. The minimum atomic E-state index is -1.61. The molecule has 0 aliphatic carbocycles. The molecule has 0 saturated heterocycles. The van der Waals surface area contributed by atoms with Crippen molar-refractivity contribution in [2.24, 2.45) is 0 Å². The number of carboxylic acid groups (broad SMARTS) is 3. The van der Waals surface area contributed by atoms with E-state index in [2.05, 4.69) is 34.8 Å². The van der Waals surface area contributed by atoms with Gasteiger partial charge in [0.2, 0.25) is 0 Å². The van der Waals surface area contributed by atoms with Crippen LogP contribution in [0.5, 0.6) is 0 Å². The number of carbonyl (C=O) groups is 3. The molecule has 13 heavy (non-hydrogen) atoms. The molecule has 0 aromatic heterocycles. The fourth-order valence-corrected chi connectivity index (χ4v) is 0. The third-order valence-corrected chi connectivity index (χ3v) is 0. The summed E-state index contributed by atoms with van der Waals surface area (Å²) in [5, 5.41) is 24.5. The topological polar surface area (TPSA) is 118 Å².